The number of nitrogen functional groups attached to an aromatic ring is 1. The summed E-state index contributed by atoms with van der Waals surface area (Å²) in [5.74, 6) is 0.238. The molecule has 0 aliphatic rings. The lowest BCUT2D eigenvalue weighted by atomic mass is 10.2. The van der Waals surface area contributed by atoms with Gasteiger partial charge in [-0.2, -0.15) is 0 Å². The van der Waals surface area contributed by atoms with Crippen LogP contribution in [-0.4, -0.2) is 5.84 Å². The van der Waals surface area contributed by atoms with Gasteiger partial charge in [-0.3, -0.25) is 5.41 Å². The van der Waals surface area contributed by atoms with Gasteiger partial charge in [-0.15, -0.1) is 12.4 Å². The summed E-state index contributed by atoms with van der Waals surface area (Å²) >= 11 is 0. The number of nitrogens with two attached hydrogens (primary N) is 1. The smallest absolute Gasteiger partial charge is 0.130 e. The van der Waals surface area contributed by atoms with E-state index in [9.17, 15) is 4.39 Å². The Kier molecular flexibility index (Phi) is 5.33. The van der Waals surface area contributed by atoms with E-state index < -0.39 is 0 Å². The molecule has 0 atom stereocenters. The second-order valence-electron chi connectivity index (χ2n) is 3.82. The van der Waals surface area contributed by atoms with Crippen molar-refractivity contribution in [3.8, 4) is 5.75 Å². The Hall–Kier alpha value is -2.07. The maximum Gasteiger partial charge on any atom is 0.130 e. The fraction of sp³-hybridized carbons (Fsp3) is 0.0714. The third kappa shape index (κ3) is 3.96. The zero-order valence-electron chi connectivity index (χ0n) is 10.1. The Morgan fingerprint density at radius 2 is 1.74 bits per heavy atom. The van der Waals surface area contributed by atoms with Gasteiger partial charge in [0.2, 0.25) is 0 Å². The van der Waals surface area contributed by atoms with Crippen LogP contribution < -0.4 is 10.5 Å². The van der Waals surface area contributed by atoms with Gasteiger partial charge in [0.1, 0.15) is 24.0 Å². The quantitative estimate of drug-likeness (QED) is 0.668. The van der Waals surface area contributed by atoms with Gasteiger partial charge in [-0.1, -0.05) is 24.3 Å². The molecular weight excluding hydrogens is 267 g/mol. The number of rotatable bonds is 4. The predicted molar refractivity (Wildman–Crippen MR) is 75.4 cm³/mol. The van der Waals surface area contributed by atoms with E-state index in [1.165, 1.54) is 12.1 Å². The lowest BCUT2D eigenvalue weighted by molar-refractivity contribution is 0.305. The monoisotopic (exact) mass is 280 g/mol. The van der Waals surface area contributed by atoms with Gasteiger partial charge in [0.05, 0.1) is 5.56 Å². The molecule has 0 saturated carbocycles. The summed E-state index contributed by atoms with van der Waals surface area (Å²) < 4.78 is 18.3. The molecule has 2 rings (SSSR count). The van der Waals surface area contributed by atoms with Gasteiger partial charge in [-0.05, 0) is 29.8 Å². The molecule has 0 aromatic heterocycles. The first-order chi connectivity index (χ1) is 8.66. The van der Waals surface area contributed by atoms with Crippen LogP contribution in [0.25, 0.3) is 0 Å². The van der Waals surface area contributed by atoms with Crippen molar-refractivity contribution >= 4 is 18.2 Å². The third-order valence-corrected chi connectivity index (χ3v) is 2.48. The van der Waals surface area contributed by atoms with Crippen molar-refractivity contribution < 1.29 is 9.13 Å². The van der Waals surface area contributed by atoms with Crippen LogP contribution in [0.15, 0.2) is 48.5 Å². The first-order valence-corrected chi connectivity index (χ1v) is 5.47. The molecule has 19 heavy (non-hydrogen) atoms. The van der Waals surface area contributed by atoms with Gasteiger partial charge in [0.25, 0.3) is 0 Å². The van der Waals surface area contributed by atoms with Gasteiger partial charge in [0, 0.05) is 0 Å². The molecule has 0 unspecified atom stereocenters. The highest BCUT2D eigenvalue weighted by Gasteiger charge is 2.05. The average Bonchev–Trinajstić information content (AvgIpc) is 2.38. The number of benzene rings is 2. The highest BCUT2D eigenvalue weighted by Crippen LogP contribution is 2.18. The van der Waals surface area contributed by atoms with Gasteiger partial charge in [-0.25, -0.2) is 4.39 Å². The summed E-state index contributed by atoms with van der Waals surface area (Å²) in [6, 6.07) is 13.2. The number of amidine groups is 1. The summed E-state index contributed by atoms with van der Waals surface area (Å²) in [5.41, 5.74) is 6.87. The number of para-hydroxylation sites is 1. The maximum absolute atomic E-state index is 12.7. The van der Waals surface area contributed by atoms with E-state index in [-0.39, 0.29) is 24.1 Å². The summed E-state index contributed by atoms with van der Waals surface area (Å²) in [6.45, 7) is 0.310. The second-order valence-corrected chi connectivity index (χ2v) is 3.82. The highest BCUT2D eigenvalue weighted by atomic mass is 35.5. The van der Waals surface area contributed by atoms with E-state index in [1.807, 2.05) is 6.07 Å². The molecule has 0 fully saturated rings. The number of hydrogen-bond acceptors (Lipinski definition) is 2. The van der Waals surface area contributed by atoms with Crippen molar-refractivity contribution in [2.45, 2.75) is 6.61 Å². The highest BCUT2D eigenvalue weighted by molar-refractivity contribution is 5.97. The molecule has 3 nitrogen and oxygen atoms in total. The van der Waals surface area contributed by atoms with Crippen molar-refractivity contribution in [2.75, 3.05) is 0 Å². The van der Waals surface area contributed by atoms with E-state index in [0.29, 0.717) is 17.9 Å². The first-order valence-electron chi connectivity index (χ1n) is 5.47. The minimum atomic E-state index is -0.275. The van der Waals surface area contributed by atoms with Crippen LogP contribution in [0.2, 0.25) is 0 Å². The first kappa shape index (κ1) is 15.0. The van der Waals surface area contributed by atoms with Crippen LogP contribution in [0.5, 0.6) is 5.75 Å². The molecule has 100 valence electrons. The molecule has 0 radical (unpaired) electrons. The molecular formula is C14H14ClFN2O. The van der Waals surface area contributed by atoms with Crippen molar-refractivity contribution in [1.82, 2.24) is 0 Å². The Balaban J connectivity index is 0.00000180. The summed E-state index contributed by atoms with van der Waals surface area (Å²) in [5, 5.41) is 7.44. The van der Waals surface area contributed by atoms with Crippen LogP contribution in [0.4, 0.5) is 4.39 Å². The molecule has 2 aromatic rings. The largest absolute Gasteiger partial charge is 0.488 e. The van der Waals surface area contributed by atoms with Crippen molar-refractivity contribution in [3.63, 3.8) is 0 Å². The van der Waals surface area contributed by atoms with Gasteiger partial charge >= 0.3 is 0 Å². The summed E-state index contributed by atoms with van der Waals surface area (Å²) in [7, 11) is 0. The molecule has 0 saturated heterocycles. The predicted octanol–water partition coefficient (Wildman–Crippen LogP) is 3.11. The second kappa shape index (κ2) is 6.75. The SMILES string of the molecule is Cl.N=C(N)c1ccccc1OCc1ccc(F)cc1. The molecule has 0 amide bonds. The number of nitrogens with one attached hydrogen (secondary N) is 1. The Labute approximate surface area is 117 Å². The van der Waals surface area contributed by atoms with E-state index in [1.54, 1.807) is 30.3 Å². The molecule has 5 heteroatoms. The molecule has 0 heterocycles. The van der Waals surface area contributed by atoms with E-state index in [0.717, 1.165) is 5.56 Å². The van der Waals surface area contributed by atoms with E-state index >= 15 is 0 Å². The maximum atomic E-state index is 12.7. The third-order valence-electron chi connectivity index (χ3n) is 2.48. The normalized spacial score (nSPS) is 9.53. The Bertz CT molecular complexity index is 558. The van der Waals surface area contributed by atoms with Crippen LogP contribution in [0.1, 0.15) is 11.1 Å². The van der Waals surface area contributed by atoms with Crippen LogP contribution >= 0.6 is 12.4 Å². The topological polar surface area (TPSA) is 59.1 Å². The van der Waals surface area contributed by atoms with Crippen molar-refractivity contribution in [1.29, 1.82) is 5.41 Å². The van der Waals surface area contributed by atoms with E-state index in [2.05, 4.69) is 0 Å². The summed E-state index contributed by atoms with van der Waals surface area (Å²) in [4.78, 5) is 0. The van der Waals surface area contributed by atoms with Crippen LogP contribution in [0.3, 0.4) is 0 Å². The minimum Gasteiger partial charge on any atom is -0.488 e. The summed E-state index contributed by atoms with van der Waals surface area (Å²) in [6.07, 6.45) is 0. The molecule has 3 N–H and O–H groups in total. The molecule has 0 aliphatic heterocycles. The average molecular weight is 281 g/mol. The zero-order chi connectivity index (χ0) is 13.0. The molecule has 0 spiro atoms. The molecule has 2 aromatic carbocycles. The number of halogens is 2. The van der Waals surface area contributed by atoms with Gasteiger partial charge in [0.15, 0.2) is 0 Å². The standard InChI is InChI=1S/C14H13FN2O.ClH/c15-11-7-5-10(6-8-11)9-18-13-4-2-1-3-12(13)14(16)17;/h1-8H,9H2,(H3,16,17);1H. The zero-order valence-corrected chi connectivity index (χ0v) is 10.9. The molecule has 0 bridgehead atoms. The Morgan fingerprint density at radius 3 is 2.37 bits per heavy atom. The fourth-order valence-corrected chi connectivity index (χ4v) is 1.56. The number of ether oxygens (including phenoxy) is 1. The fourth-order valence-electron chi connectivity index (χ4n) is 1.56. The number of hydrogen-bond donors (Lipinski definition) is 2. The van der Waals surface area contributed by atoms with Crippen molar-refractivity contribution in [3.05, 3.63) is 65.5 Å². The van der Waals surface area contributed by atoms with Crippen molar-refractivity contribution in [2.24, 2.45) is 5.73 Å². The van der Waals surface area contributed by atoms with E-state index in [4.69, 9.17) is 15.9 Å². The van der Waals surface area contributed by atoms with Crippen LogP contribution in [-0.2, 0) is 6.61 Å². The van der Waals surface area contributed by atoms with Crippen LogP contribution in [0, 0.1) is 11.2 Å². The lowest BCUT2D eigenvalue weighted by Crippen LogP contribution is -2.13. The minimum absolute atomic E-state index is 0. The lowest BCUT2D eigenvalue weighted by Gasteiger charge is -2.10. The Morgan fingerprint density at radius 1 is 1.11 bits per heavy atom. The van der Waals surface area contributed by atoms with Gasteiger partial charge < -0.3 is 10.5 Å². The molecule has 0 aliphatic carbocycles.